The summed E-state index contributed by atoms with van der Waals surface area (Å²) in [6.45, 7) is 1.59. The highest BCUT2D eigenvalue weighted by molar-refractivity contribution is 6.33. The van der Waals surface area contributed by atoms with Gasteiger partial charge in [0.2, 0.25) is 0 Å². The molecule has 25 heavy (non-hydrogen) atoms. The van der Waals surface area contributed by atoms with Crippen LogP contribution in [0.5, 0.6) is 0 Å². The third-order valence-electron chi connectivity index (χ3n) is 4.22. The average Bonchev–Trinajstić information content (AvgIpc) is 3.25. The second-order valence-corrected chi connectivity index (χ2v) is 6.45. The molecule has 0 radical (unpaired) electrons. The predicted molar refractivity (Wildman–Crippen MR) is 98.6 cm³/mol. The van der Waals surface area contributed by atoms with Crippen LogP contribution in [-0.2, 0) is 0 Å². The van der Waals surface area contributed by atoms with Crippen molar-refractivity contribution in [2.24, 2.45) is 0 Å². The van der Waals surface area contributed by atoms with Gasteiger partial charge in [-0.05, 0) is 37.1 Å². The van der Waals surface area contributed by atoms with Gasteiger partial charge in [0.1, 0.15) is 5.82 Å². The lowest BCUT2D eigenvalue weighted by Crippen LogP contribution is -2.32. The molecule has 1 fully saturated rings. The first-order valence-corrected chi connectivity index (χ1v) is 8.45. The van der Waals surface area contributed by atoms with Crippen molar-refractivity contribution < 1.29 is 4.79 Å². The number of amides is 2. The molecular weight excluding hydrogens is 340 g/mol. The van der Waals surface area contributed by atoms with Crippen LogP contribution in [0.4, 0.5) is 16.2 Å². The highest BCUT2D eigenvalue weighted by Gasteiger charge is 2.18. The second-order valence-electron chi connectivity index (χ2n) is 6.04. The number of halogens is 1. The number of hydrogen-bond acceptors (Lipinski definition) is 4. The first-order chi connectivity index (χ1) is 12.1. The number of benzene rings is 1. The van der Waals surface area contributed by atoms with E-state index in [9.17, 15) is 4.79 Å². The molecule has 3 heterocycles. The van der Waals surface area contributed by atoms with E-state index in [0.29, 0.717) is 33.4 Å². The van der Waals surface area contributed by atoms with Crippen LogP contribution >= 0.6 is 11.6 Å². The summed E-state index contributed by atoms with van der Waals surface area (Å²) in [6.07, 6.45) is 3.66. The van der Waals surface area contributed by atoms with E-state index in [-0.39, 0.29) is 6.03 Å². The van der Waals surface area contributed by atoms with Gasteiger partial charge in [-0.2, -0.15) is 0 Å². The molecule has 2 aromatic heterocycles. The van der Waals surface area contributed by atoms with Gasteiger partial charge in [-0.1, -0.05) is 11.6 Å². The Morgan fingerprint density at radius 1 is 1.28 bits per heavy atom. The molecule has 2 amide bonds. The van der Waals surface area contributed by atoms with E-state index in [1.165, 1.54) is 0 Å². The Morgan fingerprint density at radius 3 is 2.88 bits per heavy atom. The number of hydrogen-bond donors (Lipinski definition) is 3. The van der Waals surface area contributed by atoms with E-state index in [4.69, 9.17) is 17.3 Å². The molecule has 1 aliphatic heterocycles. The van der Waals surface area contributed by atoms with Crippen LogP contribution in [0.15, 0.2) is 30.5 Å². The van der Waals surface area contributed by atoms with Crippen LogP contribution in [-0.4, -0.2) is 39.0 Å². The van der Waals surface area contributed by atoms with Gasteiger partial charge in [0.25, 0.3) is 0 Å². The minimum atomic E-state index is -0.0928. The number of nitrogens with two attached hydrogens (primary N) is 1. The summed E-state index contributed by atoms with van der Waals surface area (Å²) in [7, 11) is 0. The molecule has 4 rings (SSSR count). The van der Waals surface area contributed by atoms with Crippen LogP contribution in [0.1, 0.15) is 12.8 Å². The van der Waals surface area contributed by atoms with Gasteiger partial charge >= 0.3 is 6.03 Å². The van der Waals surface area contributed by atoms with Crippen molar-refractivity contribution in [3.05, 3.63) is 35.5 Å². The first-order valence-electron chi connectivity index (χ1n) is 8.07. The van der Waals surface area contributed by atoms with Crippen molar-refractivity contribution in [1.29, 1.82) is 0 Å². The number of nitrogen functional groups attached to an aromatic ring is 1. The zero-order valence-corrected chi connectivity index (χ0v) is 14.2. The largest absolute Gasteiger partial charge is 0.397 e. The maximum absolute atomic E-state index is 12.3. The lowest BCUT2D eigenvalue weighted by atomic mass is 10.2. The minimum Gasteiger partial charge on any atom is -0.397 e. The number of anilines is 2. The summed E-state index contributed by atoms with van der Waals surface area (Å²) >= 11 is 6.33. The minimum absolute atomic E-state index is 0.0928. The summed E-state index contributed by atoms with van der Waals surface area (Å²) in [4.78, 5) is 25.9. The van der Waals surface area contributed by atoms with Crippen molar-refractivity contribution in [2.45, 2.75) is 12.8 Å². The molecule has 7 nitrogen and oxygen atoms in total. The summed E-state index contributed by atoms with van der Waals surface area (Å²) in [6, 6.07) is 7.00. The van der Waals surface area contributed by atoms with E-state index in [1.807, 2.05) is 4.90 Å². The summed E-state index contributed by atoms with van der Waals surface area (Å²) < 4.78 is 0. The Labute approximate surface area is 149 Å². The molecule has 1 saturated heterocycles. The number of pyridine rings is 1. The number of fused-ring (bicyclic) bond motifs is 1. The smallest absolute Gasteiger partial charge is 0.321 e. The number of urea groups is 1. The van der Waals surface area contributed by atoms with Gasteiger partial charge < -0.3 is 20.9 Å². The van der Waals surface area contributed by atoms with Crippen molar-refractivity contribution >= 4 is 40.2 Å². The number of aromatic amines is 1. The van der Waals surface area contributed by atoms with Crippen molar-refractivity contribution in [2.75, 3.05) is 24.1 Å². The van der Waals surface area contributed by atoms with Crippen LogP contribution in [0, 0.1) is 0 Å². The van der Waals surface area contributed by atoms with Gasteiger partial charge in [0.05, 0.1) is 22.4 Å². The monoisotopic (exact) mass is 356 g/mol. The molecule has 0 aliphatic carbocycles. The number of aromatic nitrogens is 3. The van der Waals surface area contributed by atoms with E-state index >= 15 is 0 Å². The third kappa shape index (κ3) is 3.10. The lowest BCUT2D eigenvalue weighted by molar-refractivity contribution is 0.222. The molecule has 1 aliphatic rings. The second kappa shape index (κ2) is 6.25. The van der Waals surface area contributed by atoms with Gasteiger partial charge in [0.15, 0.2) is 5.65 Å². The maximum atomic E-state index is 12.3. The quantitative estimate of drug-likeness (QED) is 0.654. The van der Waals surface area contributed by atoms with Gasteiger partial charge in [-0.15, -0.1) is 0 Å². The molecule has 128 valence electrons. The lowest BCUT2D eigenvalue weighted by Gasteiger charge is -2.16. The highest BCUT2D eigenvalue weighted by atomic mass is 35.5. The Balaban J connectivity index is 1.65. The molecule has 4 N–H and O–H groups in total. The van der Waals surface area contributed by atoms with Crippen molar-refractivity contribution in [3.63, 3.8) is 0 Å². The Kier molecular flexibility index (Phi) is 3.93. The number of carbonyl (C=O) groups excluding carboxylic acids is 1. The fourth-order valence-corrected chi connectivity index (χ4v) is 3.16. The van der Waals surface area contributed by atoms with Gasteiger partial charge in [-0.3, -0.25) is 0 Å². The Morgan fingerprint density at radius 2 is 2.08 bits per heavy atom. The van der Waals surface area contributed by atoms with E-state index in [0.717, 1.165) is 31.4 Å². The number of imidazole rings is 1. The van der Waals surface area contributed by atoms with Gasteiger partial charge in [0, 0.05) is 24.3 Å². The molecule has 0 saturated carbocycles. The fourth-order valence-electron chi connectivity index (χ4n) is 2.95. The number of rotatable bonds is 2. The third-order valence-corrected chi connectivity index (χ3v) is 4.55. The average molecular weight is 357 g/mol. The maximum Gasteiger partial charge on any atom is 0.321 e. The Hall–Kier alpha value is -2.80. The highest BCUT2D eigenvalue weighted by Crippen LogP contribution is 2.30. The number of nitrogens with zero attached hydrogens (tertiary/aromatic N) is 3. The number of nitrogens with one attached hydrogen (secondary N) is 2. The summed E-state index contributed by atoms with van der Waals surface area (Å²) in [5.41, 5.74) is 8.97. The first kappa shape index (κ1) is 15.7. The standard InChI is InChI=1S/C17H17ClN6O/c18-13-4-3-11(21-17(25)24-5-1-2-6-24)8-12(13)15-22-14-7-10(19)9-20-16(14)23-15/h3-4,7-9H,1-2,5-6,19H2,(H,21,25)(H,20,22,23). The van der Waals surface area contributed by atoms with Crippen molar-refractivity contribution in [1.82, 2.24) is 19.9 Å². The van der Waals surface area contributed by atoms with Crippen LogP contribution in [0.25, 0.3) is 22.6 Å². The van der Waals surface area contributed by atoms with E-state index < -0.39 is 0 Å². The molecule has 0 spiro atoms. The number of carbonyl (C=O) groups is 1. The Bertz CT molecular complexity index is 947. The van der Waals surface area contributed by atoms with E-state index in [2.05, 4.69) is 20.3 Å². The molecule has 0 unspecified atom stereocenters. The van der Waals surface area contributed by atoms with Gasteiger partial charge in [-0.25, -0.2) is 14.8 Å². The van der Waals surface area contributed by atoms with Crippen LogP contribution < -0.4 is 11.1 Å². The molecular formula is C17H17ClN6O. The number of H-pyrrole nitrogens is 1. The van der Waals surface area contributed by atoms with Crippen LogP contribution in [0.2, 0.25) is 5.02 Å². The molecule has 3 aromatic rings. The zero-order valence-electron chi connectivity index (χ0n) is 13.4. The van der Waals surface area contributed by atoms with Crippen LogP contribution in [0.3, 0.4) is 0 Å². The summed E-state index contributed by atoms with van der Waals surface area (Å²) in [5.74, 6) is 0.579. The normalized spacial score (nSPS) is 14.2. The topological polar surface area (TPSA) is 99.9 Å². The molecule has 1 aromatic carbocycles. The predicted octanol–water partition coefficient (Wildman–Crippen LogP) is 3.49. The fraction of sp³-hybridized carbons (Fsp3) is 0.235. The molecule has 8 heteroatoms. The van der Waals surface area contributed by atoms with E-state index in [1.54, 1.807) is 30.5 Å². The SMILES string of the molecule is Nc1cnc2nc(-c3cc(NC(=O)N4CCCC4)ccc3Cl)[nH]c2c1. The number of likely N-dealkylation sites (tertiary alicyclic amines) is 1. The zero-order chi connectivity index (χ0) is 17.4. The molecule has 0 bridgehead atoms. The summed E-state index contributed by atoms with van der Waals surface area (Å²) in [5, 5.41) is 3.45. The van der Waals surface area contributed by atoms with Crippen molar-refractivity contribution in [3.8, 4) is 11.4 Å². The molecule has 0 atom stereocenters.